The van der Waals surface area contributed by atoms with Gasteiger partial charge in [-0.15, -0.1) is 0 Å². The number of hydrogen-bond donors (Lipinski definition) is 0. The van der Waals surface area contributed by atoms with Crippen molar-refractivity contribution in [2.24, 2.45) is 0 Å². The first-order valence-electron chi connectivity index (χ1n) is 9.31. The van der Waals surface area contributed by atoms with Gasteiger partial charge in [-0.2, -0.15) is 0 Å². The number of hydrogen-bond acceptors (Lipinski definition) is 2. The summed E-state index contributed by atoms with van der Waals surface area (Å²) in [5, 5.41) is 0. The molecule has 66 valence electrons. The van der Waals surface area contributed by atoms with Crippen molar-refractivity contribution in [3.05, 3.63) is 22.7 Å². The Hall–Kier alpha value is -0.570. The van der Waals surface area contributed by atoms with E-state index >= 15 is 0 Å². The van der Waals surface area contributed by atoms with E-state index in [0.29, 0.717) is 0 Å². The summed E-state index contributed by atoms with van der Waals surface area (Å²) in [6, 6.07) is -1.39. The highest BCUT2D eigenvalue weighted by Gasteiger charge is 2.01. The summed E-state index contributed by atoms with van der Waals surface area (Å²) < 4.78 is 97.6. The van der Waals surface area contributed by atoms with Crippen molar-refractivity contribution in [2.75, 3.05) is 17.9 Å². The quantitative estimate of drug-likeness (QED) is 0.810. The number of anilines is 1. The zero-order valence-corrected chi connectivity index (χ0v) is 7.36. The number of aromatic nitrogens is 1. The van der Waals surface area contributed by atoms with Crippen LogP contribution in [0.4, 0.5) is 5.82 Å². The second-order valence-electron chi connectivity index (χ2n) is 1.67. The third-order valence-corrected chi connectivity index (χ3v) is 1.38. The Morgan fingerprint density at radius 2 is 2.50 bits per heavy atom. The third kappa shape index (κ3) is 2.21. The Balaban J connectivity index is 3.90. The lowest BCUT2D eigenvalue weighted by atomic mass is 10.4. The van der Waals surface area contributed by atoms with E-state index in [9.17, 15) is 0 Å². The van der Waals surface area contributed by atoms with Crippen LogP contribution in [0.3, 0.4) is 0 Å². The standard InChI is InChI=1S/C9H13BrN2/c1-3-12(4-2)9-7-8(10)5-6-11-9/h5-7H,3-4H2,1-2H3/i1D3,2D3,3D2,4D2,5D,6D,7D. The molecule has 0 saturated carbocycles. The van der Waals surface area contributed by atoms with Gasteiger partial charge in [0.15, 0.2) is 0 Å². The van der Waals surface area contributed by atoms with Crippen LogP contribution in [0.2, 0.25) is 0 Å². The van der Waals surface area contributed by atoms with Crippen molar-refractivity contribution in [2.45, 2.75) is 13.7 Å². The Kier molecular flexibility index (Phi) is 0.773. The number of nitrogens with zero attached hydrogens (tertiary/aromatic N) is 2. The van der Waals surface area contributed by atoms with Gasteiger partial charge in [0.2, 0.25) is 0 Å². The number of pyridine rings is 1. The molecule has 0 aliphatic heterocycles. The largest absolute Gasteiger partial charge is 0.357 e. The minimum Gasteiger partial charge on any atom is -0.357 e. The number of halogens is 1. The maximum Gasteiger partial charge on any atom is 0.129 e. The predicted octanol–water partition coefficient (Wildman–Crippen LogP) is 2.69. The van der Waals surface area contributed by atoms with Gasteiger partial charge in [0.25, 0.3) is 0 Å². The van der Waals surface area contributed by atoms with Crippen LogP contribution >= 0.6 is 15.9 Å². The summed E-state index contributed by atoms with van der Waals surface area (Å²) in [6.45, 7) is -14.2. The summed E-state index contributed by atoms with van der Waals surface area (Å²) in [5.74, 6) is -1.02. The van der Waals surface area contributed by atoms with Crippen molar-refractivity contribution >= 4 is 21.7 Å². The van der Waals surface area contributed by atoms with Crippen molar-refractivity contribution in [1.82, 2.24) is 4.98 Å². The molecular weight excluding hydrogens is 216 g/mol. The fourth-order valence-electron chi connectivity index (χ4n) is 0.527. The van der Waals surface area contributed by atoms with Crippen molar-refractivity contribution in [3.63, 3.8) is 0 Å². The van der Waals surface area contributed by atoms with Crippen LogP contribution in [0.5, 0.6) is 0 Å². The van der Waals surface area contributed by atoms with E-state index in [4.69, 9.17) is 17.8 Å². The van der Waals surface area contributed by atoms with Gasteiger partial charge in [0.1, 0.15) is 5.82 Å². The van der Waals surface area contributed by atoms with E-state index in [0.717, 1.165) is 0 Å². The number of rotatable bonds is 3. The van der Waals surface area contributed by atoms with E-state index in [-0.39, 0.29) is 9.37 Å². The van der Waals surface area contributed by atoms with Crippen LogP contribution in [0.25, 0.3) is 0 Å². The fraction of sp³-hybridized carbons (Fsp3) is 0.444. The van der Waals surface area contributed by atoms with Gasteiger partial charge < -0.3 is 4.90 Å². The predicted molar refractivity (Wildman–Crippen MR) is 55.5 cm³/mol. The normalized spacial score (nSPS) is 30.2. The van der Waals surface area contributed by atoms with Gasteiger partial charge >= 0.3 is 0 Å². The van der Waals surface area contributed by atoms with Crippen LogP contribution in [0, 0.1) is 0 Å². The first-order valence-corrected chi connectivity index (χ1v) is 3.60. The van der Waals surface area contributed by atoms with Crippen LogP contribution < -0.4 is 4.90 Å². The highest BCUT2D eigenvalue weighted by Crippen LogP contribution is 2.16. The first-order chi connectivity index (χ1) is 10.9. The molecule has 0 aliphatic carbocycles. The molecule has 0 amide bonds. The first kappa shape index (κ1) is 2.08. The average Bonchev–Trinajstić information content (AvgIpc) is 2.39. The van der Waals surface area contributed by atoms with E-state index in [1.54, 1.807) is 0 Å². The molecule has 1 rings (SSSR count). The summed E-state index contributed by atoms with van der Waals surface area (Å²) in [4.78, 5) is 3.13. The summed E-state index contributed by atoms with van der Waals surface area (Å²) in [7, 11) is 0. The average molecular weight is 242 g/mol. The van der Waals surface area contributed by atoms with E-state index in [1.807, 2.05) is 0 Å². The van der Waals surface area contributed by atoms with Gasteiger partial charge in [-0.05, 0) is 25.8 Å². The molecule has 0 radical (unpaired) electrons. The van der Waals surface area contributed by atoms with Crippen LogP contribution in [-0.2, 0) is 0 Å². The van der Waals surface area contributed by atoms with E-state index < -0.39 is 50.8 Å². The molecular formula is C9H13BrN2. The van der Waals surface area contributed by atoms with Gasteiger partial charge in [0, 0.05) is 37.3 Å². The highest BCUT2D eigenvalue weighted by atomic mass is 79.9. The molecule has 0 aliphatic rings. The Morgan fingerprint density at radius 1 is 1.75 bits per heavy atom. The molecule has 0 aromatic carbocycles. The second-order valence-corrected chi connectivity index (χ2v) is 2.46. The fourth-order valence-corrected chi connectivity index (χ4v) is 0.793. The summed E-state index contributed by atoms with van der Waals surface area (Å²) >= 11 is 2.80. The summed E-state index contributed by atoms with van der Waals surface area (Å²) in [6.07, 6.45) is -0.814. The maximum atomic E-state index is 7.88. The molecule has 0 fully saturated rings. The molecule has 1 heterocycles. The maximum absolute atomic E-state index is 7.88. The molecule has 0 spiro atoms. The minimum absolute atomic E-state index is 0.273. The molecule has 3 heteroatoms. The highest BCUT2D eigenvalue weighted by molar-refractivity contribution is 9.10. The molecule has 1 aromatic rings. The third-order valence-electron chi connectivity index (χ3n) is 0.984. The monoisotopic (exact) mass is 241 g/mol. The summed E-state index contributed by atoms with van der Waals surface area (Å²) in [5.41, 5.74) is 0. The van der Waals surface area contributed by atoms with Crippen LogP contribution in [-0.4, -0.2) is 18.0 Å². The van der Waals surface area contributed by atoms with Crippen LogP contribution in [0.1, 0.15) is 31.5 Å². The SMILES string of the molecule is [2H]c1nc(N(C([2H])([2H])C([2H])([2H])[2H])C([2H])([2H])C([2H])([2H])[2H])c([2H])c(Br)c1[2H]. The zero-order chi connectivity index (χ0) is 20.2. The van der Waals surface area contributed by atoms with Gasteiger partial charge in [-0.25, -0.2) is 4.98 Å². The smallest absolute Gasteiger partial charge is 0.129 e. The molecule has 0 unspecified atom stereocenters. The Morgan fingerprint density at radius 3 is 3.17 bits per heavy atom. The molecule has 2 nitrogen and oxygen atoms in total. The molecule has 0 atom stereocenters. The van der Waals surface area contributed by atoms with Gasteiger partial charge in [0.05, 0.1) is 4.11 Å². The van der Waals surface area contributed by atoms with E-state index in [1.165, 1.54) is 0 Å². The zero-order valence-electron chi connectivity index (χ0n) is 18.8. The van der Waals surface area contributed by atoms with Crippen molar-refractivity contribution < 1.29 is 17.8 Å². The minimum atomic E-state index is -3.58. The molecule has 0 bridgehead atoms. The van der Waals surface area contributed by atoms with Crippen molar-refractivity contribution in [3.8, 4) is 0 Å². The van der Waals surface area contributed by atoms with Crippen LogP contribution in [0.15, 0.2) is 22.7 Å². The lowest BCUT2D eigenvalue weighted by Gasteiger charge is -2.19. The Bertz CT molecular complexity index is 639. The molecule has 1 aromatic heterocycles. The Labute approximate surface area is 100 Å². The van der Waals surface area contributed by atoms with Crippen molar-refractivity contribution in [1.29, 1.82) is 0 Å². The second kappa shape index (κ2) is 4.45. The molecule has 0 N–H and O–H groups in total. The lowest BCUT2D eigenvalue weighted by Crippen LogP contribution is -2.22. The van der Waals surface area contributed by atoms with E-state index in [2.05, 4.69) is 20.9 Å². The molecule has 0 saturated heterocycles. The lowest BCUT2D eigenvalue weighted by molar-refractivity contribution is 0.845. The topological polar surface area (TPSA) is 16.1 Å². The van der Waals surface area contributed by atoms with Gasteiger partial charge in [-0.1, -0.05) is 15.9 Å². The molecule has 12 heavy (non-hydrogen) atoms. The van der Waals surface area contributed by atoms with Gasteiger partial charge in [-0.3, -0.25) is 0 Å².